The zero-order chi connectivity index (χ0) is 20.2. The average molecular weight is 393 g/mol. The second-order valence-electron chi connectivity index (χ2n) is 7.70. The van der Waals surface area contributed by atoms with E-state index in [1.54, 1.807) is 19.3 Å². The SMILES string of the molecule is CCOC(=O)C(Cc1cccnc1)NC(=O)Nc1c2c(cc3c1CCC3)CCC2. The quantitative estimate of drug-likeness (QED) is 0.738. The maximum absolute atomic E-state index is 12.9. The lowest BCUT2D eigenvalue weighted by Gasteiger charge is -2.20. The highest BCUT2D eigenvalue weighted by Gasteiger charge is 2.27. The van der Waals surface area contributed by atoms with E-state index in [4.69, 9.17) is 4.74 Å². The lowest BCUT2D eigenvalue weighted by Crippen LogP contribution is -2.45. The standard InChI is InChI=1S/C23H27N3O3/c1-2-29-22(27)20(12-15-6-5-11-24-14-15)25-23(28)26-21-18-9-3-7-16(18)13-17-8-4-10-19(17)21/h5-6,11,13-14,20H,2-4,7-10,12H2,1H3,(H2,25,26,28). The smallest absolute Gasteiger partial charge is 0.329 e. The van der Waals surface area contributed by atoms with Crippen LogP contribution in [0, 0.1) is 0 Å². The van der Waals surface area contributed by atoms with Gasteiger partial charge in [-0.1, -0.05) is 12.1 Å². The Kier molecular flexibility index (Phi) is 5.79. The van der Waals surface area contributed by atoms with Crippen LogP contribution in [0.3, 0.4) is 0 Å². The molecule has 152 valence electrons. The van der Waals surface area contributed by atoms with Crippen LogP contribution < -0.4 is 10.6 Å². The van der Waals surface area contributed by atoms with E-state index in [1.165, 1.54) is 22.3 Å². The van der Waals surface area contributed by atoms with Gasteiger partial charge in [0.05, 0.1) is 6.61 Å². The van der Waals surface area contributed by atoms with E-state index in [0.717, 1.165) is 49.8 Å². The Bertz CT molecular complexity index is 879. The summed E-state index contributed by atoms with van der Waals surface area (Å²) in [5, 5.41) is 5.91. The molecule has 2 aliphatic rings. The van der Waals surface area contributed by atoms with Crippen molar-refractivity contribution in [3.63, 3.8) is 0 Å². The number of amides is 2. The second-order valence-corrected chi connectivity index (χ2v) is 7.70. The largest absolute Gasteiger partial charge is 0.464 e. The Labute approximate surface area is 171 Å². The van der Waals surface area contributed by atoms with E-state index in [-0.39, 0.29) is 12.6 Å². The maximum atomic E-state index is 12.9. The van der Waals surface area contributed by atoms with E-state index in [1.807, 2.05) is 12.1 Å². The van der Waals surface area contributed by atoms with Crippen LogP contribution in [-0.4, -0.2) is 29.6 Å². The molecule has 0 spiro atoms. The average Bonchev–Trinajstić information content (AvgIpc) is 3.37. The third-order valence-electron chi connectivity index (χ3n) is 5.75. The predicted molar refractivity (Wildman–Crippen MR) is 111 cm³/mol. The van der Waals surface area contributed by atoms with Gasteiger partial charge in [0.2, 0.25) is 0 Å². The molecule has 2 N–H and O–H groups in total. The molecule has 1 heterocycles. The summed E-state index contributed by atoms with van der Waals surface area (Å²) in [6.07, 6.45) is 10.1. The molecule has 4 rings (SSSR count). The number of carbonyl (C=O) groups excluding carboxylic acids is 2. The molecule has 0 bridgehead atoms. The molecule has 0 fully saturated rings. The molecule has 0 saturated carbocycles. The van der Waals surface area contributed by atoms with Crippen molar-refractivity contribution in [2.24, 2.45) is 0 Å². The van der Waals surface area contributed by atoms with E-state index in [9.17, 15) is 9.59 Å². The number of aryl methyl sites for hydroxylation is 2. The molecule has 0 saturated heterocycles. The predicted octanol–water partition coefficient (Wildman–Crippen LogP) is 3.35. The van der Waals surface area contributed by atoms with Gasteiger partial charge in [-0.2, -0.15) is 0 Å². The third-order valence-corrected chi connectivity index (χ3v) is 5.75. The molecule has 0 aliphatic heterocycles. The van der Waals surface area contributed by atoms with Gasteiger partial charge in [0.1, 0.15) is 6.04 Å². The van der Waals surface area contributed by atoms with Gasteiger partial charge >= 0.3 is 12.0 Å². The Morgan fingerprint density at radius 3 is 2.48 bits per heavy atom. The molecule has 6 nitrogen and oxygen atoms in total. The summed E-state index contributed by atoms with van der Waals surface area (Å²) in [4.78, 5) is 29.4. The lowest BCUT2D eigenvalue weighted by atomic mass is 9.99. The van der Waals surface area contributed by atoms with Crippen molar-refractivity contribution in [1.82, 2.24) is 10.3 Å². The molecular formula is C23H27N3O3. The summed E-state index contributed by atoms with van der Waals surface area (Å²) >= 11 is 0. The molecule has 0 radical (unpaired) electrons. The number of benzene rings is 1. The Balaban J connectivity index is 1.52. The number of urea groups is 1. The molecule has 1 aromatic carbocycles. The highest BCUT2D eigenvalue weighted by molar-refractivity contribution is 5.94. The van der Waals surface area contributed by atoms with Crippen molar-refractivity contribution in [3.8, 4) is 0 Å². The molecule has 2 amide bonds. The molecule has 2 aromatic rings. The molecule has 29 heavy (non-hydrogen) atoms. The number of ether oxygens (including phenoxy) is 1. The first-order chi connectivity index (χ1) is 14.2. The topological polar surface area (TPSA) is 80.3 Å². The monoisotopic (exact) mass is 393 g/mol. The summed E-state index contributed by atoms with van der Waals surface area (Å²) in [5.41, 5.74) is 7.08. The van der Waals surface area contributed by atoms with Crippen molar-refractivity contribution >= 4 is 17.7 Å². The summed E-state index contributed by atoms with van der Waals surface area (Å²) in [6, 6.07) is 4.91. The first-order valence-electron chi connectivity index (χ1n) is 10.4. The first-order valence-corrected chi connectivity index (χ1v) is 10.4. The van der Waals surface area contributed by atoms with E-state index in [0.29, 0.717) is 6.42 Å². The van der Waals surface area contributed by atoms with Gasteiger partial charge in [0.15, 0.2) is 0 Å². The van der Waals surface area contributed by atoms with E-state index >= 15 is 0 Å². The minimum atomic E-state index is -0.760. The molecule has 1 atom stereocenters. The maximum Gasteiger partial charge on any atom is 0.329 e. The van der Waals surface area contributed by atoms with Gasteiger partial charge in [-0.3, -0.25) is 4.98 Å². The fourth-order valence-electron chi connectivity index (χ4n) is 4.47. The lowest BCUT2D eigenvalue weighted by molar-refractivity contribution is -0.145. The van der Waals surface area contributed by atoms with Crippen LogP contribution in [0.5, 0.6) is 0 Å². The number of nitrogens with zero attached hydrogens (tertiary/aromatic N) is 1. The van der Waals surface area contributed by atoms with Crippen LogP contribution >= 0.6 is 0 Å². The Hall–Kier alpha value is -2.89. The summed E-state index contributed by atoms with van der Waals surface area (Å²) in [6.45, 7) is 2.03. The zero-order valence-corrected chi connectivity index (χ0v) is 16.8. The fourth-order valence-corrected chi connectivity index (χ4v) is 4.47. The minimum Gasteiger partial charge on any atom is -0.464 e. The number of fused-ring (bicyclic) bond motifs is 2. The number of hydrogen-bond donors (Lipinski definition) is 2. The van der Waals surface area contributed by atoms with E-state index in [2.05, 4.69) is 21.7 Å². The molecule has 6 heteroatoms. The fraction of sp³-hybridized carbons (Fsp3) is 0.435. The number of rotatable bonds is 6. The van der Waals surface area contributed by atoms with Gasteiger partial charge in [-0.05, 0) is 79.3 Å². The normalized spacial score (nSPS) is 15.3. The van der Waals surface area contributed by atoms with Crippen molar-refractivity contribution in [1.29, 1.82) is 0 Å². The third kappa shape index (κ3) is 4.26. The molecule has 2 aliphatic carbocycles. The van der Waals surface area contributed by atoms with Crippen LogP contribution in [0.4, 0.5) is 10.5 Å². The summed E-state index contributed by atoms with van der Waals surface area (Å²) < 4.78 is 5.17. The summed E-state index contributed by atoms with van der Waals surface area (Å²) in [5.74, 6) is -0.435. The minimum absolute atomic E-state index is 0.269. The van der Waals surface area contributed by atoms with Gasteiger partial charge in [0, 0.05) is 24.5 Å². The Morgan fingerprint density at radius 2 is 1.86 bits per heavy atom. The summed E-state index contributed by atoms with van der Waals surface area (Å²) in [7, 11) is 0. The highest BCUT2D eigenvalue weighted by Crippen LogP contribution is 2.38. The van der Waals surface area contributed by atoms with Gasteiger partial charge in [-0.25, -0.2) is 9.59 Å². The van der Waals surface area contributed by atoms with Crippen molar-refractivity contribution in [2.45, 2.75) is 57.9 Å². The second kappa shape index (κ2) is 8.64. The molecular weight excluding hydrogens is 366 g/mol. The van der Waals surface area contributed by atoms with Crippen molar-refractivity contribution in [2.75, 3.05) is 11.9 Å². The number of anilines is 1. The molecule has 1 unspecified atom stereocenters. The van der Waals surface area contributed by atoms with Crippen LogP contribution in [0.15, 0.2) is 30.6 Å². The first kappa shape index (κ1) is 19.4. The van der Waals surface area contributed by atoms with Crippen LogP contribution in [0.2, 0.25) is 0 Å². The highest BCUT2D eigenvalue weighted by atomic mass is 16.5. The number of pyridine rings is 1. The van der Waals surface area contributed by atoms with Crippen LogP contribution in [0.1, 0.15) is 47.6 Å². The number of nitrogens with one attached hydrogen (secondary N) is 2. The number of carbonyl (C=O) groups is 2. The van der Waals surface area contributed by atoms with Crippen LogP contribution in [-0.2, 0) is 41.6 Å². The number of hydrogen-bond acceptors (Lipinski definition) is 4. The van der Waals surface area contributed by atoms with Gasteiger partial charge < -0.3 is 15.4 Å². The zero-order valence-electron chi connectivity index (χ0n) is 16.8. The number of aromatic nitrogens is 1. The Morgan fingerprint density at radius 1 is 1.14 bits per heavy atom. The van der Waals surface area contributed by atoms with Crippen LogP contribution in [0.25, 0.3) is 0 Å². The van der Waals surface area contributed by atoms with Gasteiger partial charge in [0.25, 0.3) is 0 Å². The molecule has 1 aromatic heterocycles. The van der Waals surface area contributed by atoms with Crippen molar-refractivity contribution < 1.29 is 14.3 Å². The van der Waals surface area contributed by atoms with Crippen molar-refractivity contribution in [3.05, 3.63) is 58.4 Å². The van der Waals surface area contributed by atoms with E-state index < -0.39 is 12.0 Å². The number of esters is 1. The van der Waals surface area contributed by atoms with Gasteiger partial charge in [-0.15, -0.1) is 0 Å².